The molecule has 18 heavy (non-hydrogen) atoms. The fourth-order valence-corrected chi connectivity index (χ4v) is 2.17. The maximum atomic E-state index is 5.51. The van der Waals surface area contributed by atoms with Crippen molar-refractivity contribution in [2.24, 2.45) is 5.73 Å². The maximum absolute atomic E-state index is 5.51. The molecule has 0 saturated heterocycles. The Hall–Kier alpha value is -1.61. The number of nitrogens with zero attached hydrogens (tertiary/aromatic N) is 1. The van der Waals surface area contributed by atoms with Crippen LogP contribution in [-0.2, 0) is 6.42 Å². The molecule has 1 heterocycles. The molecule has 0 unspecified atom stereocenters. The van der Waals surface area contributed by atoms with E-state index in [1.165, 1.54) is 5.56 Å². The Kier molecular flexibility index (Phi) is 4.15. The van der Waals surface area contributed by atoms with Crippen LogP contribution in [0, 0.1) is 6.92 Å². The summed E-state index contributed by atoms with van der Waals surface area (Å²) in [6.07, 6.45) is 3.26. The van der Waals surface area contributed by atoms with Gasteiger partial charge in [0.2, 0.25) is 0 Å². The molecule has 0 amide bonds. The molecule has 0 aliphatic heterocycles. The van der Waals surface area contributed by atoms with E-state index in [1.807, 2.05) is 13.0 Å². The number of methoxy groups -OCH3 is 1. The predicted octanol–water partition coefficient (Wildman–Crippen LogP) is 2.83. The molecule has 1 aromatic carbocycles. The Morgan fingerprint density at radius 2 is 2.06 bits per heavy atom. The van der Waals surface area contributed by atoms with Gasteiger partial charge >= 0.3 is 0 Å². The first-order valence-corrected chi connectivity index (χ1v) is 6.39. The summed E-state index contributed by atoms with van der Waals surface area (Å²) in [5, 5.41) is 1.07. The van der Waals surface area contributed by atoms with Crippen LogP contribution in [0.4, 0.5) is 0 Å². The summed E-state index contributed by atoms with van der Waals surface area (Å²) in [6, 6.07) is 8.37. The number of unbranched alkanes of at least 4 members (excludes halogenated alkanes) is 1. The van der Waals surface area contributed by atoms with Gasteiger partial charge in [0.1, 0.15) is 5.75 Å². The number of ether oxygens (including phenoxy) is 1. The second kappa shape index (κ2) is 5.83. The van der Waals surface area contributed by atoms with Gasteiger partial charge < -0.3 is 10.5 Å². The Balaban J connectivity index is 2.33. The van der Waals surface area contributed by atoms with Crippen molar-refractivity contribution in [3.8, 4) is 5.75 Å². The van der Waals surface area contributed by atoms with Crippen molar-refractivity contribution in [2.45, 2.75) is 26.2 Å². The largest absolute Gasteiger partial charge is 0.496 e. The molecule has 1 aromatic heterocycles. The molecule has 0 atom stereocenters. The summed E-state index contributed by atoms with van der Waals surface area (Å²) >= 11 is 0. The molecular formula is C15H20N2O. The minimum absolute atomic E-state index is 0.763. The maximum Gasteiger partial charge on any atom is 0.130 e. The van der Waals surface area contributed by atoms with Gasteiger partial charge in [-0.3, -0.25) is 4.98 Å². The summed E-state index contributed by atoms with van der Waals surface area (Å²) in [6.45, 7) is 2.75. The number of hydrogen-bond donors (Lipinski definition) is 1. The average molecular weight is 244 g/mol. The lowest BCUT2D eigenvalue weighted by Crippen LogP contribution is -1.99. The zero-order chi connectivity index (χ0) is 13.0. The van der Waals surface area contributed by atoms with Crippen molar-refractivity contribution in [1.82, 2.24) is 4.98 Å². The van der Waals surface area contributed by atoms with Gasteiger partial charge in [-0.05, 0) is 50.4 Å². The van der Waals surface area contributed by atoms with E-state index in [4.69, 9.17) is 10.5 Å². The van der Waals surface area contributed by atoms with Gasteiger partial charge in [0.15, 0.2) is 0 Å². The number of fused-ring (bicyclic) bond motifs is 1. The highest BCUT2D eigenvalue weighted by atomic mass is 16.5. The Bertz CT molecular complexity index is 537. The van der Waals surface area contributed by atoms with Gasteiger partial charge in [-0.1, -0.05) is 6.07 Å². The summed E-state index contributed by atoms with van der Waals surface area (Å²) in [5.41, 5.74) is 8.82. The van der Waals surface area contributed by atoms with Gasteiger partial charge in [0, 0.05) is 17.1 Å². The highest BCUT2D eigenvalue weighted by molar-refractivity contribution is 5.85. The summed E-state index contributed by atoms with van der Waals surface area (Å²) in [5.74, 6) is 0.894. The third-order valence-corrected chi connectivity index (χ3v) is 3.10. The monoisotopic (exact) mass is 244 g/mol. The van der Waals surface area contributed by atoms with Gasteiger partial charge in [0.05, 0.1) is 12.6 Å². The molecule has 0 aliphatic rings. The molecule has 0 aliphatic carbocycles. The quantitative estimate of drug-likeness (QED) is 0.823. The summed E-state index contributed by atoms with van der Waals surface area (Å²) in [4.78, 5) is 4.57. The first-order chi connectivity index (χ1) is 8.74. The Morgan fingerprint density at radius 3 is 2.78 bits per heavy atom. The molecular weight excluding hydrogens is 224 g/mol. The van der Waals surface area contributed by atoms with Crippen molar-refractivity contribution in [2.75, 3.05) is 13.7 Å². The number of benzene rings is 1. The molecule has 96 valence electrons. The molecule has 2 aromatic rings. The van der Waals surface area contributed by atoms with Gasteiger partial charge in [-0.2, -0.15) is 0 Å². The third kappa shape index (κ3) is 2.79. The SMILES string of the molecule is COc1cc(C)nc2cc(CCCCN)ccc12. The topological polar surface area (TPSA) is 48.1 Å². The normalized spacial score (nSPS) is 10.8. The van der Waals surface area contributed by atoms with Crippen LogP contribution >= 0.6 is 0 Å². The predicted molar refractivity (Wildman–Crippen MR) is 75.0 cm³/mol. The lowest BCUT2D eigenvalue weighted by atomic mass is 10.0. The van der Waals surface area contributed by atoms with Crippen LogP contribution in [0.25, 0.3) is 10.9 Å². The summed E-state index contributed by atoms with van der Waals surface area (Å²) in [7, 11) is 1.70. The Morgan fingerprint density at radius 1 is 1.22 bits per heavy atom. The van der Waals surface area contributed by atoms with E-state index in [-0.39, 0.29) is 0 Å². The van der Waals surface area contributed by atoms with Crippen LogP contribution in [0.5, 0.6) is 5.75 Å². The van der Waals surface area contributed by atoms with E-state index in [2.05, 4.69) is 23.2 Å². The van der Waals surface area contributed by atoms with Crippen LogP contribution in [0.3, 0.4) is 0 Å². The fourth-order valence-electron chi connectivity index (χ4n) is 2.17. The number of nitrogens with two attached hydrogens (primary N) is 1. The zero-order valence-electron chi connectivity index (χ0n) is 11.1. The van der Waals surface area contributed by atoms with Crippen molar-refractivity contribution < 1.29 is 4.74 Å². The van der Waals surface area contributed by atoms with Crippen molar-refractivity contribution in [3.05, 3.63) is 35.5 Å². The number of aromatic nitrogens is 1. The molecule has 0 fully saturated rings. The molecule has 2 rings (SSSR count). The molecule has 0 spiro atoms. The lowest BCUT2D eigenvalue weighted by Gasteiger charge is -2.08. The minimum atomic E-state index is 0.763. The van der Waals surface area contributed by atoms with Gasteiger partial charge in [0.25, 0.3) is 0 Å². The minimum Gasteiger partial charge on any atom is -0.496 e. The first-order valence-electron chi connectivity index (χ1n) is 6.39. The van der Waals surface area contributed by atoms with Crippen LogP contribution < -0.4 is 10.5 Å². The van der Waals surface area contributed by atoms with E-state index in [0.29, 0.717) is 0 Å². The van der Waals surface area contributed by atoms with Gasteiger partial charge in [-0.25, -0.2) is 0 Å². The second-order valence-electron chi connectivity index (χ2n) is 4.56. The van der Waals surface area contributed by atoms with Crippen molar-refractivity contribution >= 4 is 10.9 Å². The van der Waals surface area contributed by atoms with Crippen LogP contribution in [0.2, 0.25) is 0 Å². The number of hydrogen-bond acceptors (Lipinski definition) is 3. The second-order valence-corrected chi connectivity index (χ2v) is 4.56. The molecule has 3 nitrogen and oxygen atoms in total. The Labute approximate surface area is 108 Å². The van der Waals surface area contributed by atoms with Crippen LogP contribution in [0.15, 0.2) is 24.3 Å². The van der Waals surface area contributed by atoms with E-state index < -0.39 is 0 Å². The van der Waals surface area contributed by atoms with E-state index in [1.54, 1.807) is 7.11 Å². The number of aryl methyl sites for hydroxylation is 2. The molecule has 2 N–H and O–H groups in total. The van der Waals surface area contributed by atoms with E-state index in [0.717, 1.165) is 48.2 Å². The van der Waals surface area contributed by atoms with Crippen LogP contribution in [0.1, 0.15) is 24.1 Å². The zero-order valence-corrected chi connectivity index (χ0v) is 11.1. The summed E-state index contributed by atoms with van der Waals surface area (Å²) < 4.78 is 5.39. The highest BCUT2D eigenvalue weighted by Crippen LogP contribution is 2.26. The standard InChI is InChI=1S/C15H20N2O/c1-11-9-15(18-2)13-7-6-12(5-3-4-8-16)10-14(13)17-11/h6-7,9-10H,3-5,8,16H2,1-2H3. The van der Waals surface area contributed by atoms with Crippen molar-refractivity contribution in [3.63, 3.8) is 0 Å². The number of rotatable bonds is 5. The van der Waals surface area contributed by atoms with Crippen LogP contribution in [-0.4, -0.2) is 18.6 Å². The van der Waals surface area contributed by atoms with Crippen molar-refractivity contribution in [1.29, 1.82) is 0 Å². The van der Waals surface area contributed by atoms with E-state index >= 15 is 0 Å². The van der Waals surface area contributed by atoms with E-state index in [9.17, 15) is 0 Å². The smallest absolute Gasteiger partial charge is 0.130 e. The third-order valence-electron chi connectivity index (χ3n) is 3.10. The fraction of sp³-hybridized carbons (Fsp3) is 0.400. The lowest BCUT2D eigenvalue weighted by molar-refractivity contribution is 0.419. The highest BCUT2D eigenvalue weighted by Gasteiger charge is 2.05. The molecule has 0 saturated carbocycles. The molecule has 3 heteroatoms. The number of pyridine rings is 1. The molecule has 0 radical (unpaired) electrons. The van der Waals surface area contributed by atoms with Gasteiger partial charge in [-0.15, -0.1) is 0 Å². The average Bonchev–Trinajstić information content (AvgIpc) is 2.37. The first kappa shape index (κ1) is 12.8. The molecule has 0 bridgehead atoms.